The molecule has 0 aliphatic heterocycles. The van der Waals surface area contributed by atoms with Gasteiger partial charge in [0.2, 0.25) is 5.91 Å². The van der Waals surface area contributed by atoms with E-state index in [-0.39, 0.29) is 5.91 Å². The zero-order valence-corrected chi connectivity index (χ0v) is 15.7. The topological polar surface area (TPSA) is 61.1 Å². The van der Waals surface area contributed by atoms with Crippen LogP contribution < -0.4 is 5.32 Å². The van der Waals surface area contributed by atoms with Crippen LogP contribution in [0.5, 0.6) is 0 Å². The number of hydrogen-bond donors (Lipinski definition) is 1. The summed E-state index contributed by atoms with van der Waals surface area (Å²) < 4.78 is 5.34. The van der Waals surface area contributed by atoms with Gasteiger partial charge in [0.1, 0.15) is 5.76 Å². The molecule has 0 bridgehead atoms. The summed E-state index contributed by atoms with van der Waals surface area (Å²) in [5.74, 6) is 1.80. The highest BCUT2D eigenvalue weighted by molar-refractivity contribution is 5.86. The molecule has 1 unspecified atom stereocenters. The second kappa shape index (κ2) is 10.7. The molecule has 0 aromatic carbocycles. The van der Waals surface area contributed by atoms with Crippen LogP contribution in [0.3, 0.4) is 0 Å². The maximum atomic E-state index is 12.3. The summed E-state index contributed by atoms with van der Waals surface area (Å²) in [4.78, 5) is 20.7. The van der Waals surface area contributed by atoms with Crippen LogP contribution in [0.2, 0.25) is 0 Å². The first kappa shape index (κ1) is 20.1. The fourth-order valence-electron chi connectivity index (χ4n) is 2.28. The molecule has 0 aliphatic rings. The SMILES string of the molecule is CCC(C)NC(=NCCc1ccco1)N(C)CC(=O)N(CC)CC. The Hall–Kier alpha value is -1.98. The maximum Gasteiger partial charge on any atom is 0.242 e. The van der Waals surface area contributed by atoms with Crippen molar-refractivity contribution in [1.29, 1.82) is 0 Å². The summed E-state index contributed by atoms with van der Waals surface area (Å²) in [5, 5.41) is 3.40. The first-order valence-electron chi connectivity index (χ1n) is 8.83. The largest absolute Gasteiger partial charge is 0.469 e. The van der Waals surface area contributed by atoms with Crippen LogP contribution in [0, 0.1) is 0 Å². The zero-order valence-electron chi connectivity index (χ0n) is 15.7. The lowest BCUT2D eigenvalue weighted by molar-refractivity contribution is -0.131. The average molecular weight is 336 g/mol. The Balaban J connectivity index is 2.70. The van der Waals surface area contributed by atoms with Crippen molar-refractivity contribution in [2.45, 2.75) is 46.6 Å². The van der Waals surface area contributed by atoms with Gasteiger partial charge >= 0.3 is 0 Å². The van der Waals surface area contributed by atoms with E-state index >= 15 is 0 Å². The third-order valence-electron chi connectivity index (χ3n) is 4.04. The lowest BCUT2D eigenvalue weighted by atomic mass is 10.3. The van der Waals surface area contributed by atoms with Gasteiger partial charge in [0, 0.05) is 39.1 Å². The van der Waals surface area contributed by atoms with E-state index in [1.54, 1.807) is 6.26 Å². The van der Waals surface area contributed by atoms with E-state index in [0.717, 1.165) is 37.7 Å². The molecule has 0 radical (unpaired) electrons. The van der Waals surface area contributed by atoms with Gasteiger partial charge in [0.25, 0.3) is 0 Å². The van der Waals surface area contributed by atoms with Gasteiger partial charge in [-0.25, -0.2) is 0 Å². The molecule has 6 nitrogen and oxygen atoms in total. The van der Waals surface area contributed by atoms with Gasteiger partial charge in [-0.3, -0.25) is 9.79 Å². The number of nitrogens with zero attached hydrogens (tertiary/aromatic N) is 3. The smallest absolute Gasteiger partial charge is 0.242 e. The molecule has 24 heavy (non-hydrogen) atoms. The van der Waals surface area contributed by atoms with Crippen molar-refractivity contribution in [2.24, 2.45) is 4.99 Å². The highest BCUT2D eigenvalue weighted by Gasteiger charge is 2.16. The molecule has 1 rings (SSSR count). The second-order valence-electron chi connectivity index (χ2n) is 5.91. The second-order valence-corrected chi connectivity index (χ2v) is 5.91. The third kappa shape index (κ3) is 6.64. The Labute approximate surface area is 145 Å². The monoisotopic (exact) mass is 336 g/mol. The van der Waals surface area contributed by atoms with Gasteiger partial charge in [-0.1, -0.05) is 6.92 Å². The predicted octanol–water partition coefficient (Wildman–Crippen LogP) is 2.37. The Morgan fingerprint density at radius 1 is 1.33 bits per heavy atom. The van der Waals surface area contributed by atoms with Crippen LogP contribution >= 0.6 is 0 Å². The van der Waals surface area contributed by atoms with E-state index in [1.165, 1.54) is 0 Å². The van der Waals surface area contributed by atoms with E-state index in [2.05, 4.69) is 24.2 Å². The molecule has 0 fully saturated rings. The Morgan fingerprint density at radius 2 is 2.04 bits per heavy atom. The predicted molar refractivity (Wildman–Crippen MR) is 98.2 cm³/mol. The standard InChI is InChI=1S/C18H32N4O2/c1-6-15(4)20-18(19-12-11-16-10-9-13-24-16)21(5)14-17(23)22(7-2)8-3/h9-10,13,15H,6-8,11-12,14H2,1-5H3,(H,19,20). The molecule has 1 atom stereocenters. The van der Waals surface area contributed by atoms with Gasteiger partial charge in [-0.2, -0.15) is 0 Å². The summed E-state index contributed by atoms with van der Waals surface area (Å²) in [5.41, 5.74) is 0. The van der Waals surface area contributed by atoms with E-state index in [9.17, 15) is 4.79 Å². The highest BCUT2D eigenvalue weighted by atomic mass is 16.3. The number of carbonyl (C=O) groups is 1. The molecule has 1 heterocycles. The first-order valence-corrected chi connectivity index (χ1v) is 8.83. The summed E-state index contributed by atoms with van der Waals surface area (Å²) in [6, 6.07) is 4.13. The Bertz CT molecular complexity index is 495. The molecule has 1 aromatic rings. The van der Waals surface area contributed by atoms with Gasteiger partial charge in [0.05, 0.1) is 12.8 Å². The molecule has 136 valence electrons. The number of likely N-dealkylation sites (N-methyl/N-ethyl adjacent to an activating group) is 2. The number of hydrogen-bond acceptors (Lipinski definition) is 3. The number of amides is 1. The molecular weight excluding hydrogens is 304 g/mol. The van der Waals surface area contributed by atoms with E-state index in [4.69, 9.17) is 4.42 Å². The lowest BCUT2D eigenvalue weighted by Crippen LogP contribution is -2.48. The van der Waals surface area contributed by atoms with Crippen molar-refractivity contribution in [3.63, 3.8) is 0 Å². The number of nitrogens with one attached hydrogen (secondary N) is 1. The van der Waals surface area contributed by atoms with Crippen LogP contribution in [-0.4, -0.2) is 60.9 Å². The first-order chi connectivity index (χ1) is 11.5. The minimum Gasteiger partial charge on any atom is -0.469 e. The van der Waals surface area contributed by atoms with Crippen molar-refractivity contribution in [2.75, 3.05) is 33.2 Å². The normalized spacial score (nSPS) is 12.8. The quantitative estimate of drug-likeness (QED) is 0.555. The van der Waals surface area contributed by atoms with E-state index in [1.807, 2.05) is 42.8 Å². The summed E-state index contributed by atoms with van der Waals surface area (Å²) >= 11 is 0. The number of aliphatic imine (C=N–C) groups is 1. The molecule has 1 N–H and O–H groups in total. The summed E-state index contributed by atoms with van der Waals surface area (Å²) in [7, 11) is 1.91. The number of rotatable bonds is 9. The molecule has 1 aromatic heterocycles. The minimum atomic E-state index is 0.118. The van der Waals surface area contributed by atoms with Crippen LogP contribution in [-0.2, 0) is 11.2 Å². The molecule has 0 spiro atoms. The molecule has 0 aliphatic carbocycles. The fourth-order valence-corrected chi connectivity index (χ4v) is 2.28. The van der Waals surface area contributed by atoms with Crippen molar-refractivity contribution in [3.05, 3.63) is 24.2 Å². The van der Waals surface area contributed by atoms with E-state index in [0.29, 0.717) is 19.1 Å². The van der Waals surface area contributed by atoms with Gasteiger partial charge < -0.3 is 19.5 Å². The summed E-state index contributed by atoms with van der Waals surface area (Å²) in [6.45, 7) is 10.6. The molecular formula is C18H32N4O2. The van der Waals surface area contributed by atoms with Crippen molar-refractivity contribution in [3.8, 4) is 0 Å². The molecule has 0 saturated heterocycles. The van der Waals surface area contributed by atoms with Crippen molar-refractivity contribution >= 4 is 11.9 Å². The van der Waals surface area contributed by atoms with Crippen LogP contribution in [0.25, 0.3) is 0 Å². The number of carbonyl (C=O) groups excluding carboxylic acids is 1. The fraction of sp³-hybridized carbons (Fsp3) is 0.667. The molecule has 0 saturated carbocycles. The Kier molecular flexibility index (Phi) is 8.97. The van der Waals surface area contributed by atoms with Crippen LogP contribution in [0.15, 0.2) is 27.8 Å². The summed E-state index contributed by atoms with van der Waals surface area (Å²) in [6.07, 6.45) is 3.41. The van der Waals surface area contributed by atoms with Gasteiger partial charge in [0.15, 0.2) is 5.96 Å². The third-order valence-corrected chi connectivity index (χ3v) is 4.04. The minimum absolute atomic E-state index is 0.118. The van der Waals surface area contributed by atoms with Crippen LogP contribution in [0.1, 0.15) is 39.9 Å². The van der Waals surface area contributed by atoms with Crippen molar-refractivity contribution < 1.29 is 9.21 Å². The van der Waals surface area contributed by atoms with Crippen molar-refractivity contribution in [1.82, 2.24) is 15.1 Å². The van der Waals surface area contributed by atoms with Crippen LogP contribution in [0.4, 0.5) is 0 Å². The Morgan fingerprint density at radius 3 is 2.58 bits per heavy atom. The number of furan rings is 1. The van der Waals surface area contributed by atoms with E-state index < -0.39 is 0 Å². The van der Waals surface area contributed by atoms with Gasteiger partial charge in [-0.05, 0) is 39.3 Å². The molecule has 6 heteroatoms. The number of guanidine groups is 1. The van der Waals surface area contributed by atoms with Gasteiger partial charge in [-0.15, -0.1) is 0 Å². The highest BCUT2D eigenvalue weighted by Crippen LogP contribution is 2.02. The lowest BCUT2D eigenvalue weighted by Gasteiger charge is -2.27. The molecule has 1 amide bonds. The average Bonchev–Trinajstić information content (AvgIpc) is 3.08. The zero-order chi connectivity index (χ0) is 17.9. The maximum absolute atomic E-state index is 12.3.